The van der Waals surface area contributed by atoms with Crippen LogP contribution in [0, 0.1) is 0 Å². The van der Waals surface area contributed by atoms with Gasteiger partial charge in [-0.05, 0) is 52.4 Å². The highest BCUT2D eigenvalue weighted by atomic mass is 32.1. The van der Waals surface area contributed by atoms with E-state index in [-0.39, 0.29) is 0 Å². The normalized spacial score (nSPS) is 12.0. The van der Waals surface area contributed by atoms with Gasteiger partial charge in [0.05, 0.1) is 10.2 Å². The van der Waals surface area contributed by atoms with E-state index in [4.69, 9.17) is 4.98 Å². The number of para-hydroxylation sites is 1. The van der Waals surface area contributed by atoms with Gasteiger partial charge in [-0.2, -0.15) is 0 Å². The quantitative estimate of drug-likeness (QED) is 0.234. The Labute approximate surface area is 213 Å². The van der Waals surface area contributed by atoms with Crippen LogP contribution in [0.1, 0.15) is 0 Å². The number of hydrogen-bond donors (Lipinski definition) is 0. The Morgan fingerprint density at radius 1 is 0.543 bits per heavy atom. The molecule has 6 rings (SSSR count). The van der Waals surface area contributed by atoms with Crippen molar-refractivity contribution in [3.8, 4) is 21.7 Å². The minimum Gasteiger partial charge on any atom is -0.236 e. The molecular weight excluding hydrogens is 480 g/mol. The molecule has 35 heavy (non-hydrogen) atoms. The lowest BCUT2D eigenvalue weighted by Gasteiger charge is -2.24. The molecule has 5 aromatic carbocycles. The molecular formula is C31H23NP2S. The summed E-state index contributed by atoms with van der Waals surface area (Å²) >= 11 is 1.77. The number of thiazole rings is 1. The van der Waals surface area contributed by atoms with Crippen LogP contribution in [0.2, 0.25) is 0 Å². The molecule has 0 spiro atoms. The Morgan fingerprint density at radius 2 is 1.11 bits per heavy atom. The van der Waals surface area contributed by atoms with Crippen molar-refractivity contribution in [3.63, 3.8) is 0 Å². The number of fused-ring (bicyclic) bond motifs is 1. The molecule has 0 aliphatic rings. The molecule has 1 heterocycles. The second kappa shape index (κ2) is 9.84. The Bertz CT molecular complexity index is 1590. The first-order valence-electron chi connectivity index (χ1n) is 11.5. The molecule has 4 heteroatoms. The van der Waals surface area contributed by atoms with E-state index in [1.807, 2.05) is 0 Å². The van der Waals surface area contributed by atoms with Gasteiger partial charge in [-0.15, -0.1) is 20.6 Å². The number of rotatable bonds is 5. The van der Waals surface area contributed by atoms with Gasteiger partial charge in [0.25, 0.3) is 0 Å². The predicted octanol–water partition coefficient (Wildman–Crippen LogP) is 6.89. The number of benzene rings is 5. The zero-order chi connectivity index (χ0) is 23.6. The average molecular weight is 504 g/mol. The second-order valence-electron chi connectivity index (χ2n) is 8.28. The third-order valence-electron chi connectivity index (χ3n) is 6.08. The van der Waals surface area contributed by atoms with E-state index in [9.17, 15) is 0 Å². The van der Waals surface area contributed by atoms with Crippen LogP contribution in [0.5, 0.6) is 0 Å². The Hall–Kier alpha value is -3.15. The van der Waals surface area contributed by atoms with E-state index in [1.54, 1.807) is 11.3 Å². The molecule has 1 aromatic heterocycles. The Kier molecular flexibility index (Phi) is 6.28. The summed E-state index contributed by atoms with van der Waals surface area (Å²) in [6.07, 6.45) is 0. The molecule has 0 aliphatic heterocycles. The summed E-state index contributed by atoms with van der Waals surface area (Å²) in [4.78, 5) is 5.03. The fourth-order valence-corrected chi connectivity index (χ4v) is 8.52. The molecule has 0 fully saturated rings. The molecule has 168 valence electrons. The highest BCUT2D eigenvalue weighted by molar-refractivity contribution is 7.80. The van der Waals surface area contributed by atoms with Crippen molar-refractivity contribution in [1.82, 2.24) is 4.98 Å². The van der Waals surface area contributed by atoms with E-state index in [2.05, 4.69) is 137 Å². The van der Waals surface area contributed by atoms with Crippen molar-refractivity contribution in [2.45, 2.75) is 0 Å². The lowest BCUT2D eigenvalue weighted by Crippen LogP contribution is -2.24. The lowest BCUT2D eigenvalue weighted by atomic mass is 10.1. The van der Waals surface area contributed by atoms with Gasteiger partial charge >= 0.3 is 0 Å². The van der Waals surface area contributed by atoms with E-state index < -0.39 is 7.92 Å². The standard InChI is InChI=1S/C31H23NP2S/c33-27-18-8-4-14-23(27)24-15-5-9-19-28(24)34(22-12-2-1-3-13-22)29-20-10-6-16-25(29)31-32-26-17-7-11-21-30(26)35-31/h1-21H,33H2. The average Bonchev–Trinajstić information content (AvgIpc) is 3.35. The van der Waals surface area contributed by atoms with Crippen LogP contribution in [-0.2, 0) is 0 Å². The lowest BCUT2D eigenvalue weighted by molar-refractivity contribution is 1.49. The molecule has 0 amide bonds. The third-order valence-corrected chi connectivity index (χ3v) is 10.2. The summed E-state index contributed by atoms with van der Waals surface area (Å²) in [5.41, 5.74) is 4.82. The van der Waals surface area contributed by atoms with E-state index >= 15 is 0 Å². The van der Waals surface area contributed by atoms with Gasteiger partial charge in [0.1, 0.15) is 5.01 Å². The molecule has 0 saturated heterocycles. The van der Waals surface area contributed by atoms with Crippen LogP contribution in [0.25, 0.3) is 31.9 Å². The monoisotopic (exact) mass is 503 g/mol. The third kappa shape index (κ3) is 4.35. The van der Waals surface area contributed by atoms with Gasteiger partial charge in [-0.1, -0.05) is 115 Å². The second-order valence-corrected chi connectivity index (χ2v) is 12.1. The number of aromatic nitrogens is 1. The van der Waals surface area contributed by atoms with Crippen molar-refractivity contribution < 1.29 is 0 Å². The van der Waals surface area contributed by atoms with E-state index in [1.165, 1.54) is 42.6 Å². The zero-order valence-electron chi connectivity index (χ0n) is 19.0. The largest absolute Gasteiger partial charge is 0.236 e. The maximum absolute atomic E-state index is 5.03. The van der Waals surface area contributed by atoms with Crippen molar-refractivity contribution in [3.05, 3.63) is 127 Å². The van der Waals surface area contributed by atoms with Crippen molar-refractivity contribution in [2.75, 3.05) is 0 Å². The van der Waals surface area contributed by atoms with E-state index in [0.717, 1.165) is 10.5 Å². The molecule has 0 radical (unpaired) electrons. The highest BCUT2D eigenvalue weighted by Crippen LogP contribution is 2.41. The fraction of sp³-hybridized carbons (Fsp3) is 0. The Morgan fingerprint density at radius 3 is 1.86 bits per heavy atom. The molecule has 1 nitrogen and oxygen atoms in total. The van der Waals surface area contributed by atoms with Crippen LogP contribution in [0.15, 0.2) is 127 Å². The summed E-state index contributed by atoms with van der Waals surface area (Å²) in [7, 11) is 2.09. The minimum atomic E-state index is -0.819. The summed E-state index contributed by atoms with van der Waals surface area (Å²) in [6.45, 7) is 0. The highest BCUT2D eigenvalue weighted by Gasteiger charge is 2.24. The topological polar surface area (TPSA) is 12.9 Å². The molecule has 2 atom stereocenters. The van der Waals surface area contributed by atoms with Crippen molar-refractivity contribution in [1.29, 1.82) is 0 Å². The van der Waals surface area contributed by atoms with Crippen LogP contribution in [-0.4, -0.2) is 4.98 Å². The summed E-state index contributed by atoms with van der Waals surface area (Å²) < 4.78 is 1.22. The molecule has 0 saturated carbocycles. The van der Waals surface area contributed by atoms with Gasteiger partial charge in [0.2, 0.25) is 0 Å². The van der Waals surface area contributed by atoms with Crippen molar-refractivity contribution >= 4 is 59.9 Å². The Balaban J connectivity index is 1.61. The smallest absolute Gasteiger partial charge is 0.125 e. The first-order valence-corrected chi connectivity index (χ1v) is 14.3. The number of hydrogen-bond acceptors (Lipinski definition) is 2. The minimum absolute atomic E-state index is 0.819. The molecule has 6 aromatic rings. The van der Waals surface area contributed by atoms with Gasteiger partial charge in [-0.25, -0.2) is 4.98 Å². The summed E-state index contributed by atoms with van der Waals surface area (Å²) in [6, 6.07) is 45.6. The van der Waals surface area contributed by atoms with E-state index in [0.29, 0.717) is 0 Å². The van der Waals surface area contributed by atoms with Crippen LogP contribution in [0.4, 0.5) is 0 Å². The van der Waals surface area contributed by atoms with Gasteiger partial charge < -0.3 is 0 Å². The first kappa shape index (κ1) is 22.3. The van der Waals surface area contributed by atoms with Crippen molar-refractivity contribution in [2.24, 2.45) is 0 Å². The zero-order valence-corrected chi connectivity index (χ0v) is 21.9. The maximum atomic E-state index is 5.03. The van der Waals surface area contributed by atoms with Crippen LogP contribution < -0.4 is 21.2 Å². The van der Waals surface area contributed by atoms with Gasteiger partial charge in [0.15, 0.2) is 0 Å². The van der Waals surface area contributed by atoms with Gasteiger partial charge in [0, 0.05) is 5.56 Å². The summed E-state index contributed by atoms with van der Waals surface area (Å²) in [5, 5.41) is 6.32. The SMILES string of the molecule is Pc1ccccc1-c1ccccc1P(c1ccccc1)c1ccccc1-c1nc2ccccc2s1. The first-order chi connectivity index (χ1) is 17.3. The number of nitrogens with zero attached hydrogens (tertiary/aromatic N) is 1. The molecule has 0 bridgehead atoms. The van der Waals surface area contributed by atoms with Crippen LogP contribution >= 0.6 is 28.5 Å². The predicted molar refractivity (Wildman–Crippen MR) is 159 cm³/mol. The van der Waals surface area contributed by atoms with Gasteiger partial charge in [-0.3, -0.25) is 0 Å². The maximum Gasteiger partial charge on any atom is 0.125 e. The summed E-state index contributed by atoms with van der Waals surface area (Å²) in [5.74, 6) is 0. The van der Waals surface area contributed by atoms with Crippen LogP contribution in [0.3, 0.4) is 0 Å². The molecule has 0 N–H and O–H groups in total. The fourth-order valence-electron chi connectivity index (χ4n) is 4.46. The molecule has 2 unspecified atom stereocenters. The molecule has 0 aliphatic carbocycles.